The summed E-state index contributed by atoms with van der Waals surface area (Å²) in [5.41, 5.74) is 16.6. The highest BCUT2D eigenvalue weighted by Gasteiger charge is 2.42. The zero-order chi connectivity index (χ0) is 33.1. The predicted molar refractivity (Wildman–Crippen MR) is 207 cm³/mol. The first-order valence-corrected chi connectivity index (χ1v) is 17.4. The number of aromatic nitrogens is 3. The van der Waals surface area contributed by atoms with Crippen LogP contribution in [0.15, 0.2) is 152 Å². The lowest BCUT2D eigenvalue weighted by atomic mass is 9.78. The normalized spacial score (nSPS) is 13.6. The van der Waals surface area contributed by atoms with Gasteiger partial charge >= 0.3 is 0 Å². The van der Waals surface area contributed by atoms with Crippen molar-refractivity contribution in [2.75, 3.05) is 0 Å². The first-order valence-electron chi connectivity index (χ1n) is 17.4. The Bertz CT molecular complexity index is 2820. The van der Waals surface area contributed by atoms with Crippen LogP contribution in [0.4, 0.5) is 0 Å². The van der Waals surface area contributed by atoms with Crippen LogP contribution in [0.5, 0.6) is 0 Å². The van der Waals surface area contributed by atoms with Crippen molar-refractivity contribution in [3.05, 3.63) is 163 Å². The lowest BCUT2D eigenvalue weighted by Gasteiger charge is -2.24. The average molecular weight is 638 g/mol. The van der Waals surface area contributed by atoms with E-state index >= 15 is 0 Å². The Labute approximate surface area is 290 Å². The molecule has 0 unspecified atom stereocenters. The van der Waals surface area contributed by atoms with E-state index in [1.165, 1.54) is 66.1 Å². The van der Waals surface area contributed by atoms with E-state index in [0.29, 0.717) is 5.95 Å². The van der Waals surface area contributed by atoms with Crippen molar-refractivity contribution in [2.24, 2.45) is 0 Å². The number of para-hydroxylation sites is 1. The third-order valence-corrected chi connectivity index (χ3v) is 11.1. The molecule has 50 heavy (non-hydrogen) atoms. The van der Waals surface area contributed by atoms with Crippen LogP contribution < -0.4 is 0 Å². The van der Waals surface area contributed by atoms with Gasteiger partial charge in [-0.2, -0.15) is 0 Å². The van der Waals surface area contributed by atoms with Crippen LogP contribution in [-0.2, 0) is 5.41 Å². The van der Waals surface area contributed by atoms with E-state index in [0.717, 1.165) is 33.5 Å². The maximum Gasteiger partial charge on any atom is 0.235 e. The van der Waals surface area contributed by atoms with Gasteiger partial charge in [-0.3, -0.25) is 4.57 Å². The second-order valence-corrected chi connectivity index (χ2v) is 14.2. The fourth-order valence-electron chi connectivity index (χ4n) is 8.98. The van der Waals surface area contributed by atoms with Gasteiger partial charge in [-0.1, -0.05) is 147 Å². The van der Waals surface area contributed by atoms with Crippen LogP contribution >= 0.6 is 0 Å². The van der Waals surface area contributed by atoms with Gasteiger partial charge in [0.05, 0.1) is 22.4 Å². The Balaban J connectivity index is 1.33. The largest absolute Gasteiger partial charge is 0.278 e. The number of nitrogens with zero attached hydrogens (tertiary/aromatic N) is 3. The molecule has 0 amide bonds. The Morgan fingerprint density at radius 2 is 1.08 bits per heavy atom. The summed E-state index contributed by atoms with van der Waals surface area (Å²) in [5.74, 6) is 0.671. The first-order chi connectivity index (χ1) is 24.6. The Morgan fingerprint density at radius 3 is 1.78 bits per heavy atom. The molecule has 2 heterocycles. The van der Waals surface area contributed by atoms with Crippen LogP contribution in [0.25, 0.3) is 94.4 Å². The maximum absolute atomic E-state index is 5.35. The molecular weight excluding hydrogens is 607 g/mol. The number of rotatable bonds is 3. The van der Waals surface area contributed by atoms with Crippen LogP contribution in [-0.4, -0.2) is 14.5 Å². The third kappa shape index (κ3) is 3.59. The molecule has 3 heteroatoms. The Morgan fingerprint density at radius 1 is 0.480 bits per heavy atom. The summed E-state index contributed by atoms with van der Waals surface area (Å²) in [6, 6.07) is 54.7. The lowest BCUT2D eigenvalue weighted by Crippen LogP contribution is -2.16. The SMILES string of the molecule is CC1(C)c2cccc3c2-c2c(cc4c(c21)c1ccccc1n4-c1nc(-c2ccccc2)cc(-c2ccccc2)n1)-c1cccc2cccc-3c12. The fourth-order valence-corrected chi connectivity index (χ4v) is 8.98. The quantitative estimate of drug-likeness (QED) is 0.193. The Kier molecular flexibility index (Phi) is 5.45. The van der Waals surface area contributed by atoms with Crippen molar-refractivity contribution in [3.63, 3.8) is 0 Å². The number of fused-ring (bicyclic) bond motifs is 6. The molecule has 0 atom stereocenters. The molecule has 2 aliphatic rings. The highest BCUT2D eigenvalue weighted by molar-refractivity contribution is 6.22. The zero-order valence-corrected chi connectivity index (χ0v) is 27.8. The molecule has 0 bridgehead atoms. The second-order valence-electron chi connectivity index (χ2n) is 14.2. The average Bonchev–Trinajstić information content (AvgIpc) is 3.58. The fraction of sp³-hybridized carbons (Fsp3) is 0.0638. The highest BCUT2D eigenvalue weighted by Crippen LogP contribution is 2.61. The lowest BCUT2D eigenvalue weighted by molar-refractivity contribution is 0.666. The van der Waals surface area contributed by atoms with Crippen molar-refractivity contribution in [1.82, 2.24) is 14.5 Å². The number of hydrogen-bond donors (Lipinski definition) is 0. The van der Waals surface area contributed by atoms with E-state index < -0.39 is 0 Å². The van der Waals surface area contributed by atoms with Gasteiger partial charge in [0.15, 0.2) is 0 Å². The molecule has 0 fully saturated rings. The van der Waals surface area contributed by atoms with Gasteiger partial charge in [0.25, 0.3) is 0 Å². The molecular formula is C47H31N3. The molecule has 7 aromatic carbocycles. The summed E-state index contributed by atoms with van der Waals surface area (Å²) in [6.45, 7) is 4.82. The van der Waals surface area contributed by atoms with E-state index in [1.807, 2.05) is 0 Å². The zero-order valence-electron chi connectivity index (χ0n) is 27.8. The summed E-state index contributed by atoms with van der Waals surface area (Å²) in [6.07, 6.45) is 0. The molecule has 0 N–H and O–H groups in total. The molecule has 0 aliphatic heterocycles. The molecule has 9 aromatic rings. The first kappa shape index (κ1) is 27.6. The summed E-state index contributed by atoms with van der Waals surface area (Å²) in [4.78, 5) is 10.7. The minimum absolute atomic E-state index is 0.230. The van der Waals surface area contributed by atoms with Crippen molar-refractivity contribution in [2.45, 2.75) is 19.3 Å². The minimum atomic E-state index is -0.230. The number of benzene rings is 7. The summed E-state index contributed by atoms with van der Waals surface area (Å²) < 4.78 is 2.32. The third-order valence-electron chi connectivity index (χ3n) is 11.1. The summed E-state index contributed by atoms with van der Waals surface area (Å²) >= 11 is 0. The molecule has 0 spiro atoms. The van der Waals surface area contributed by atoms with E-state index in [-0.39, 0.29) is 5.41 Å². The van der Waals surface area contributed by atoms with Crippen molar-refractivity contribution in [3.8, 4) is 61.8 Å². The van der Waals surface area contributed by atoms with Crippen molar-refractivity contribution in [1.29, 1.82) is 0 Å². The van der Waals surface area contributed by atoms with E-state index in [9.17, 15) is 0 Å². The molecule has 11 rings (SSSR count). The van der Waals surface area contributed by atoms with Crippen LogP contribution in [0.1, 0.15) is 25.0 Å². The van der Waals surface area contributed by atoms with E-state index in [2.05, 4.69) is 170 Å². The van der Waals surface area contributed by atoms with Gasteiger partial charge < -0.3 is 0 Å². The van der Waals surface area contributed by atoms with Gasteiger partial charge in [0, 0.05) is 27.3 Å². The van der Waals surface area contributed by atoms with Gasteiger partial charge in [-0.05, 0) is 73.5 Å². The van der Waals surface area contributed by atoms with Crippen molar-refractivity contribution < 1.29 is 0 Å². The van der Waals surface area contributed by atoms with Crippen LogP contribution in [0, 0.1) is 0 Å². The summed E-state index contributed by atoms with van der Waals surface area (Å²) in [5, 5.41) is 5.07. The molecule has 2 aromatic heterocycles. The van der Waals surface area contributed by atoms with Gasteiger partial charge in [0.1, 0.15) is 0 Å². The van der Waals surface area contributed by atoms with E-state index in [1.54, 1.807) is 0 Å². The van der Waals surface area contributed by atoms with Crippen molar-refractivity contribution >= 4 is 32.6 Å². The molecule has 234 valence electrons. The monoisotopic (exact) mass is 637 g/mol. The maximum atomic E-state index is 5.35. The second kappa shape index (κ2) is 9.87. The Hall–Kier alpha value is -6.32. The smallest absolute Gasteiger partial charge is 0.235 e. The van der Waals surface area contributed by atoms with Crippen LogP contribution in [0.2, 0.25) is 0 Å². The molecule has 0 saturated heterocycles. The molecule has 3 nitrogen and oxygen atoms in total. The molecule has 2 aliphatic carbocycles. The van der Waals surface area contributed by atoms with Gasteiger partial charge in [-0.15, -0.1) is 0 Å². The number of hydrogen-bond acceptors (Lipinski definition) is 2. The topological polar surface area (TPSA) is 30.7 Å². The standard InChI is InChI=1S/C47H31N3/c1-47(2)36-24-13-23-32-31-21-11-18-30-19-12-22-33(41(30)31)35-26-40-43(45(47)44(35)42(32)36)34-20-9-10-25-39(34)50(40)46-48-37(28-14-5-3-6-15-28)27-38(49-46)29-16-7-4-8-17-29/h3-27H,1-2H3. The van der Waals surface area contributed by atoms with E-state index in [4.69, 9.17) is 9.97 Å². The molecule has 0 saturated carbocycles. The summed E-state index contributed by atoms with van der Waals surface area (Å²) in [7, 11) is 0. The molecule has 0 radical (unpaired) electrons. The van der Waals surface area contributed by atoms with Gasteiger partial charge in [-0.25, -0.2) is 9.97 Å². The highest BCUT2D eigenvalue weighted by atomic mass is 15.2. The predicted octanol–water partition coefficient (Wildman–Crippen LogP) is 12.0. The minimum Gasteiger partial charge on any atom is -0.278 e. The van der Waals surface area contributed by atoms with Crippen LogP contribution in [0.3, 0.4) is 0 Å². The van der Waals surface area contributed by atoms with Gasteiger partial charge in [0.2, 0.25) is 5.95 Å².